The van der Waals surface area contributed by atoms with Gasteiger partial charge in [-0.1, -0.05) is 141 Å². The molecule has 0 bridgehead atoms. The zero-order chi connectivity index (χ0) is 44.9. The quantitative estimate of drug-likeness (QED) is 0.0232. The van der Waals surface area contributed by atoms with E-state index in [9.17, 15) is 28.6 Å². The minimum atomic E-state index is -4.58. The van der Waals surface area contributed by atoms with Crippen molar-refractivity contribution in [3.05, 3.63) is 24.3 Å². The molecule has 0 aromatic rings. The van der Waals surface area contributed by atoms with E-state index < -0.39 is 32.5 Å². The Morgan fingerprint density at radius 3 is 1.43 bits per heavy atom. The first kappa shape index (κ1) is 58.9. The summed E-state index contributed by atoms with van der Waals surface area (Å²) in [5.74, 6) is -1.32. The smallest absolute Gasteiger partial charge is 0.462 e. The summed E-state index contributed by atoms with van der Waals surface area (Å²) in [7, 11) is -2.44. The van der Waals surface area contributed by atoms with Crippen molar-refractivity contribution in [3.63, 3.8) is 0 Å². The summed E-state index contributed by atoms with van der Waals surface area (Å²) in [5.41, 5.74) is 0. The van der Waals surface area contributed by atoms with E-state index in [0.29, 0.717) is 32.1 Å². The van der Waals surface area contributed by atoms with Gasteiger partial charge in [-0.15, -0.1) is 0 Å². The maximum atomic E-state index is 12.7. The number of phosphoric acid groups is 1. The molecular weight excluding hydrogens is 814 g/mol. The Hall–Kier alpha value is -2.10. The molecule has 0 fully saturated rings. The minimum Gasteiger partial charge on any atom is -0.462 e. The second kappa shape index (κ2) is 44.5. The third-order valence-corrected chi connectivity index (χ3v) is 11.6. The summed E-state index contributed by atoms with van der Waals surface area (Å²) in [5, 5.41) is 5.04. The van der Waals surface area contributed by atoms with Crippen LogP contribution < -0.4 is 10.4 Å². The summed E-state index contributed by atoms with van der Waals surface area (Å²) in [6, 6.07) is 0. The molecule has 0 saturated carbocycles. The number of carbonyl (C=O) groups excluding carboxylic acids is 4. The molecular formula is C47H88N2O10P2. The lowest BCUT2D eigenvalue weighted by Crippen LogP contribution is -2.30. The van der Waals surface area contributed by atoms with Gasteiger partial charge in [0.25, 0.3) is 0 Å². The van der Waals surface area contributed by atoms with Gasteiger partial charge in [0.05, 0.1) is 13.2 Å². The predicted octanol–water partition coefficient (Wildman–Crippen LogP) is 12.2. The fourth-order valence-electron chi connectivity index (χ4n) is 6.60. The van der Waals surface area contributed by atoms with Crippen molar-refractivity contribution in [1.82, 2.24) is 10.4 Å². The molecule has 14 heteroatoms. The Balaban J connectivity index is 4.57. The molecule has 3 N–H and O–H groups in total. The average molecular weight is 903 g/mol. The van der Waals surface area contributed by atoms with E-state index in [1.54, 1.807) is 0 Å². The first-order valence-electron chi connectivity index (χ1n) is 24.2. The number of amides is 2. The van der Waals surface area contributed by atoms with Crippen molar-refractivity contribution in [1.29, 1.82) is 0 Å². The summed E-state index contributed by atoms with van der Waals surface area (Å²) in [6.07, 6.45) is 40.0. The zero-order valence-electron chi connectivity index (χ0n) is 38.5. The molecule has 0 aliphatic carbocycles. The molecule has 0 saturated heterocycles. The van der Waals surface area contributed by atoms with E-state index in [-0.39, 0.29) is 50.8 Å². The summed E-state index contributed by atoms with van der Waals surface area (Å²) in [6.45, 7) is 3.34. The average Bonchev–Trinajstić information content (AvgIpc) is 3.24. The topological polar surface area (TPSA) is 167 Å². The highest BCUT2D eigenvalue weighted by Crippen LogP contribution is 2.43. The summed E-state index contributed by atoms with van der Waals surface area (Å²) >= 11 is 0. The lowest BCUT2D eigenvalue weighted by molar-refractivity contribution is -0.161. The molecule has 0 aromatic carbocycles. The molecule has 0 rings (SSSR count). The van der Waals surface area contributed by atoms with E-state index in [0.717, 1.165) is 77.0 Å². The standard InChI is InChI=1S/C47H88N2O10P2/c1-3-5-7-9-11-13-15-17-19-21-23-25-27-29-31-37-46(52)56-41-43(42-58-61(54,55)57-40-39-48-44(50)35-33-34-36-45(51)49-60)59-47(53)38-32-30-28-26-24-22-20-18-16-14-12-10-8-6-4-2/h17-20,43H,3-16,21-42,60H2,1-2H3,(H,48,50)(H,49,51)(H,54,55)/b19-17-,20-18-. The number of phosphoric ester groups is 1. The Kier molecular flexibility index (Phi) is 43.0. The number of carbonyl (C=O) groups is 4. The third-order valence-electron chi connectivity index (χ3n) is 10.3. The van der Waals surface area contributed by atoms with Crippen LogP contribution in [0.2, 0.25) is 0 Å². The first-order valence-corrected chi connectivity index (χ1v) is 26.2. The van der Waals surface area contributed by atoms with Crippen LogP contribution in [0.4, 0.5) is 0 Å². The number of allylic oxidation sites excluding steroid dienone is 4. The van der Waals surface area contributed by atoms with Crippen molar-refractivity contribution in [2.24, 2.45) is 0 Å². The fraction of sp³-hybridized carbons (Fsp3) is 0.830. The van der Waals surface area contributed by atoms with Crippen LogP contribution in [0.25, 0.3) is 0 Å². The van der Waals surface area contributed by atoms with Gasteiger partial charge in [0, 0.05) is 32.2 Å². The molecule has 2 amide bonds. The van der Waals surface area contributed by atoms with E-state index in [1.807, 2.05) is 0 Å². The van der Waals surface area contributed by atoms with E-state index >= 15 is 0 Å². The molecule has 0 radical (unpaired) electrons. The number of rotatable bonds is 45. The molecule has 0 heterocycles. The number of unbranched alkanes of at least 4 members (excludes halogenated alkanes) is 23. The molecule has 3 unspecified atom stereocenters. The van der Waals surface area contributed by atoms with Gasteiger partial charge in [0.1, 0.15) is 6.61 Å². The lowest BCUT2D eigenvalue weighted by Gasteiger charge is -2.20. The number of hydrogen-bond acceptors (Lipinski definition) is 9. The number of esters is 2. The maximum absolute atomic E-state index is 12.7. The summed E-state index contributed by atoms with van der Waals surface area (Å²) < 4.78 is 33.7. The van der Waals surface area contributed by atoms with Crippen LogP contribution in [0.5, 0.6) is 0 Å². The Bertz CT molecular complexity index is 1190. The van der Waals surface area contributed by atoms with Gasteiger partial charge in [-0.25, -0.2) is 4.57 Å². The molecule has 12 nitrogen and oxygen atoms in total. The molecule has 356 valence electrons. The normalized spacial score (nSPS) is 13.0. The van der Waals surface area contributed by atoms with Crippen molar-refractivity contribution < 1.29 is 47.2 Å². The number of nitrogens with one attached hydrogen (secondary N) is 2. The first-order chi connectivity index (χ1) is 29.6. The highest BCUT2D eigenvalue weighted by Gasteiger charge is 2.26. The molecule has 3 atom stereocenters. The zero-order valence-corrected chi connectivity index (χ0v) is 40.5. The summed E-state index contributed by atoms with van der Waals surface area (Å²) in [4.78, 5) is 58.9. The van der Waals surface area contributed by atoms with Gasteiger partial charge >= 0.3 is 19.8 Å². The lowest BCUT2D eigenvalue weighted by atomic mass is 10.1. The molecule has 0 aliphatic heterocycles. The Morgan fingerprint density at radius 2 is 0.951 bits per heavy atom. The van der Waals surface area contributed by atoms with Gasteiger partial charge in [-0.05, 0) is 86.4 Å². The van der Waals surface area contributed by atoms with Crippen LogP contribution in [0.3, 0.4) is 0 Å². The fourth-order valence-corrected chi connectivity index (χ4v) is 7.49. The Morgan fingerprint density at radius 1 is 0.541 bits per heavy atom. The van der Waals surface area contributed by atoms with Crippen LogP contribution in [-0.2, 0) is 42.3 Å². The van der Waals surface area contributed by atoms with E-state index in [4.69, 9.17) is 18.5 Å². The second-order valence-electron chi connectivity index (χ2n) is 16.2. The van der Waals surface area contributed by atoms with Gasteiger partial charge in [-0.3, -0.25) is 28.2 Å². The van der Waals surface area contributed by atoms with Crippen LogP contribution in [0.1, 0.15) is 219 Å². The van der Waals surface area contributed by atoms with Gasteiger partial charge < -0.3 is 24.8 Å². The van der Waals surface area contributed by atoms with Gasteiger partial charge in [-0.2, -0.15) is 0 Å². The van der Waals surface area contributed by atoms with Crippen molar-refractivity contribution in [2.75, 3.05) is 26.4 Å². The van der Waals surface area contributed by atoms with Crippen molar-refractivity contribution in [2.45, 2.75) is 225 Å². The predicted molar refractivity (Wildman–Crippen MR) is 251 cm³/mol. The van der Waals surface area contributed by atoms with Crippen molar-refractivity contribution >= 4 is 41.0 Å². The maximum Gasteiger partial charge on any atom is 0.472 e. The third kappa shape index (κ3) is 44.3. The molecule has 0 aliphatic rings. The second-order valence-corrected chi connectivity index (χ2v) is 17.9. The SMILES string of the molecule is CCCCCCCC/C=C\CCCCCCCC(=O)OCC(COP(=O)(O)OCCNC(=O)CCCCC(=O)NP)OC(=O)CCCCCCC/C=C\CCCCCCCC. The van der Waals surface area contributed by atoms with Crippen LogP contribution >= 0.6 is 17.2 Å². The van der Waals surface area contributed by atoms with Crippen LogP contribution in [-0.4, -0.2) is 61.1 Å². The number of ether oxygens (including phenoxy) is 2. The van der Waals surface area contributed by atoms with Crippen LogP contribution in [0, 0.1) is 0 Å². The van der Waals surface area contributed by atoms with Gasteiger partial charge in [0.2, 0.25) is 11.8 Å². The molecule has 61 heavy (non-hydrogen) atoms. The van der Waals surface area contributed by atoms with E-state index in [2.05, 4.69) is 57.9 Å². The monoisotopic (exact) mass is 903 g/mol. The highest BCUT2D eigenvalue weighted by atomic mass is 31.2. The largest absolute Gasteiger partial charge is 0.472 e. The van der Waals surface area contributed by atoms with Gasteiger partial charge in [0.15, 0.2) is 6.10 Å². The number of hydrogen-bond donors (Lipinski definition) is 3. The Labute approximate surface area is 373 Å². The molecule has 0 spiro atoms. The molecule has 0 aromatic heterocycles. The highest BCUT2D eigenvalue weighted by molar-refractivity contribution is 7.47. The minimum absolute atomic E-state index is 0.0266. The van der Waals surface area contributed by atoms with Crippen LogP contribution in [0.15, 0.2) is 24.3 Å². The van der Waals surface area contributed by atoms with Crippen molar-refractivity contribution in [3.8, 4) is 0 Å². The van der Waals surface area contributed by atoms with E-state index in [1.165, 1.54) is 77.0 Å².